The molecule has 3 unspecified atom stereocenters. The molecule has 1 amide bonds. The van der Waals surface area contributed by atoms with Crippen LogP contribution in [0, 0.1) is 5.92 Å². The molecule has 2 heterocycles. The van der Waals surface area contributed by atoms with Gasteiger partial charge in [-0.1, -0.05) is 24.1 Å². The lowest BCUT2D eigenvalue weighted by Crippen LogP contribution is -2.76. The molecule has 1 aromatic carbocycles. The lowest BCUT2D eigenvalue weighted by atomic mass is 10.1. The highest BCUT2D eigenvalue weighted by Gasteiger charge is 2.69. The molecule has 1 saturated heterocycles. The molecule has 26 heavy (non-hydrogen) atoms. The first-order valence-electron chi connectivity index (χ1n) is 8.37. The van der Waals surface area contributed by atoms with E-state index >= 15 is 0 Å². The minimum absolute atomic E-state index is 0.0629. The van der Waals surface area contributed by atoms with Gasteiger partial charge in [0.15, 0.2) is 6.23 Å². The fourth-order valence-electron chi connectivity index (χ4n) is 4.20. The number of alkyl halides is 3. The summed E-state index contributed by atoms with van der Waals surface area (Å²) in [6.45, 7) is 0. The molecule has 2 aliphatic carbocycles. The van der Waals surface area contributed by atoms with Crippen LogP contribution in [0.25, 0.3) is 0 Å². The number of sulfone groups is 1. The third-order valence-electron chi connectivity index (χ3n) is 5.80. The molecule has 1 N–H and O–H groups in total. The number of nitrogens with zero attached hydrogens (tertiary/aromatic N) is 1. The van der Waals surface area contributed by atoms with E-state index in [9.17, 15) is 22.0 Å². The third kappa shape index (κ3) is 2.08. The topological polar surface area (TPSA) is 75.7 Å². The molecule has 140 valence electrons. The smallest absolute Gasteiger partial charge is 0.293 e. The number of halogens is 3. The second-order valence-corrected chi connectivity index (χ2v) is 9.69. The third-order valence-corrected chi connectivity index (χ3v) is 7.89. The van der Waals surface area contributed by atoms with Crippen LogP contribution in [0.2, 0.25) is 0 Å². The molecule has 0 bridgehead atoms. The normalized spacial score (nSPS) is 41.7. The summed E-state index contributed by atoms with van der Waals surface area (Å²) in [6.07, 6.45) is 0.0645. The number of hydrogen-bond acceptors (Lipinski definition) is 5. The van der Waals surface area contributed by atoms with E-state index in [1.807, 2.05) is 0 Å². The Hall–Kier alpha value is -1.29. The predicted molar refractivity (Wildman–Crippen MR) is 85.3 cm³/mol. The zero-order chi connectivity index (χ0) is 18.5. The van der Waals surface area contributed by atoms with Crippen LogP contribution in [0.1, 0.15) is 36.0 Å². The van der Waals surface area contributed by atoms with Gasteiger partial charge in [-0.2, -0.15) is 0 Å². The summed E-state index contributed by atoms with van der Waals surface area (Å²) in [5, 5.41) is -2.34. The summed E-state index contributed by atoms with van der Waals surface area (Å²) < 4.78 is 57.9. The molecule has 0 spiro atoms. The molecule has 0 radical (unpaired) electrons. The molecular formula is C16H15ClF2N2O4S. The monoisotopic (exact) mass is 404 g/mol. The Morgan fingerprint density at radius 1 is 1.42 bits per heavy atom. The van der Waals surface area contributed by atoms with Gasteiger partial charge in [0, 0.05) is 0 Å². The van der Waals surface area contributed by atoms with E-state index in [-0.39, 0.29) is 15.4 Å². The first-order chi connectivity index (χ1) is 12.2. The second kappa shape index (κ2) is 4.95. The van der Waals surface area contributed by atoms with E-state index in [0.29, 0.717) is 10.9 Å². The fraction of sp³-hybridized carbons (Fsp3) is 0.562. The maximum Gasteiger partial charge on any atom is 0.293 e. The number of rotatable bonds is 4. The Kier molecular flexibility index (Phi) is 3.21. The fourth-order valence-corrected chi connectivity index (χ4v) is 5.95. The lowest BCUT2D eigenvalue weighted by Gasteiger charge is -2.51. The maximum atomic E-state index is 14.4. The number of hydrogen-bond donors (Lipinski definition) is 1. The van der Waals surface area contributed by atoms with E-state index in [0.717, 1.165) is 25.7 Å². The van der Waals surface area contributed by atoms with Gasteiger partial charge in [-0.25, -0.2) is 17.2 Å². The first kappa shape index (κ1) is 16.9. The SMILES string of the molecule is O=C(NN1C(O[C@@]23CCC[C@H]2C3)C(F)C1(F)Cl)c1cccc2c1S2(=O)=O. The predicted octanol–water partition coefficient (Wildman–Crippen LogP) is 2.28. The van der Waals surface area contributed by atoms with E-state index < -0.39 is 39.0 Å². The number of amides is 1. The molecule has 2 saturated carbocycles. The van der Waals surface area contributed by atoms with Crippen LogP contribution in [-0.2, 0) is 14.6 Å². The van der Waals surface area contributed by atoms with Crippen molar-refractivity contribution in [2.45, 2.75) is 58.7 Å². The summed E-state index contributed by atoms with van der Waals surface area (Å²) in [5.41, 5.74) is 1.61. The molecular weight excluding hydrogens is 390 g/mol. The Morgan fingerprint density at radius 3 is 2.85 bits per heavy atom. The second-order valence-electron chi connectivity index (χ2n) is 7.30. The van der Waals surface area contributed by atoms with Crippen molar-refractivity contribution in [2.24, 2.45) is 5.92 Å². The first-order valence-corrected chi connectivity index (χ1v) is 10.2. The van der Waals surface area contributed by atoms with Gasteiger partial charge in [0.1, 0.15) is 4.90 Å². The average Bonchev–Trinajstić information content (AvgIpc) is 3.39. The highest BCUT2D eigenvalue weighted by Crippen LogP contribution is 2.60. The van der Waals surface area contributed by atoms with Crippen LogP contribution in [0.4, 0.5) is 8.78 Å². The van der Waals surface area contributed by atoms with Crippen molar-refractivity contribution < 1.29 is 26.7 Å². The van der Waals surface area contributed by atoms with Crippen LogP contribution in [-0.4, -0.2) is 42.6 Å². The van der Waals surface area contributed by atoms with Crippen LogP contribution >= 0.6 is 11.6 Å². The number of benzene rings is 1. The van der Waals surface area contributed by atoms with Gasteiger partial charge in [-0.3, -0.25) is 10.2 Å². The van der Waals surface area contributed by atoms with E-state index in [2.05, 4.69) is 5.43 Å². The van der Waals surface area contributed by atoms with E-state index in [1.165, 1.54) is 18.2 Å². The standard InChI is InChI=1S/C16H15ClF2N2O4S/c17-16(19)12(18)14(25-15-6-2-3-8(15)7-15)21(16)20-13(22)9-4-1-5-10-11(9)26(10,23)24/h1,4-5,8,12,14H,2-3,6-7H2,(H,20,22)/t8-,12?,14?,15+,16?/m0/s1. The molecule has 2 aliphatic heterocycles. The molecule has 10 heteroatoms. The summed E-state index contributed by atoms with van der Waals surface area (Å²) >= 11 is 5.57. The highest BCUT2D eigenvalue weighted by molar-refractivity contribution is 7.97. The number of carbonyl (C=O) groups is 1. The molecule has 1 aromatic rings. The van der Waals surface area contributed by atoms with Gasteiger partial charge in [0.25, 0.3) is 11.2 Å². The zero-order valence-electron chi connectivity index (χ0n) is 13.4. The minimum Gasteiger partial charge on any atom is -0.351 e. The summed E-state index contributed by atoms with van der Waals surface area (Å²) in [5.74, 6) is -0.532. The van der Waals surface area contributed by atoms with Crippen molar-refractivity contribution in [1.82, 2.24) is 10.4 Å². The van der Waals surface area contributed by atoms with Crippen LogP contribution in [0.5, 0.6) is 0 Å². The van der Waals surface area contributed by atoms with E-state index in [4.69, 9.17) is 16.3 Å². The quantitative estimate of drug-likeness (QED) is 0.480. The van der Waals surface area contributed by atoms with Crippen molar-refractivity contribution in [3.63, 3.8) is 0 Å². The van der Waals surface area contributed by atoms with Gasteiger partial charge in [0.05, 0.1) is 16.1 Å². The number of nitrogens with one attached hydrogen (secondary N) is 1. The van der Waals surface area contributed by atoms with E-state index in [1.54, 1.807) is 0 Å². The van der Waals surface area contributed by atoms with Gasteiger partial charge in [-0.05, 0) is 37.3 Å². The van der Waals surface area contributed by atoms with Crippen molar-refractivity contribution in [3.8, 4) is 0 Å². The van der Waals surface area contributed by atoms with Gasteiger partial charge in [0.2, 0.25) is 16.0 Å². The summed E-state index contributed by atoms with van der Waals surface area (Å²) in [7, 11) is -3.56. The minimum atomic E-state index is -3.56. The van der Waals surface area contributed by atoms with Crippen LogP contribution < -0.4 is 5.43 Å². The number of hydrazine groups is 1. The van der Waals surface area contributed by atoms with Gasteiger partial charge >= 0.3 is 0 Å². The molecule has 6 nitrogen and oxygen atoms in total. The molecule has 4 aliphatic rings. The summed E-state index contributed by atoms with van der Waals surface area (Å²) in [6, 6.07) is 4.10. The average molecular weight is 405 g/mol. The van der Waals surface area contributed by atoms with Gasteiger partial charge in [-0.15, -0.1) is 5.01 Å². The molecule has 5 rings (SSSR count). The largest absolute Gasteiger partial charge is 0.351 e. The van der Waals surface area contributed by atoms with Crippen molar-refractivity contribution in [2.75, 3.05) is 0 Å². The van der Waals surface area contributed by atoms with Crippen molar-refractivity contribution in [3.05, 3.63) is 23.8 Å². The Morgan fingerprint density at radius 2 is 2.19 bits per heavy atom. The highest BCUT2D eigenvalue weighted by atomic mass is 35.5. The summed E-state index contributed by atoms with van der Waals surface area (Å²) in [4.78, 5) is 12.4. The van der Waals surface area contributed by atoms with Gasteiger partial charge < -0.3 is 4.74 Å². The zero-order valence-corrected chi connectivity index (χ0v) is 15.0. The van der Waals surface area contributed by atoms with Crippen molar-refractivity contribution >= 4 is 27.3 Å². The molecule has 3 fully saturated rings. The molecule has 0 aromatic heterocycles. The Balaban J connectivity index is 1.36. The van der Waals surface area contributed by atoms with Crippen LogP contribution in [0.3, 0.4) is 0 Å². The number of ether oxygens (including phenoxy) is 1. The number of carbonyl (C=O) groups excluding carboxylic acids is 1. The number of fused-ring (bicyclic) bond motifs is 2. The molecule has 5 atom stereocenters. The lowest BCUT2D eigenvalue weighted by molar-refractivity contribution is -0.301. The maximum absolute atomic E-state index is 14.4. The van der Waals surface area contributed by atoms with Crippen molar-refractivity contribution in [1.29, 1.82) is 0 Å². The Labute approximate surface area is 153 Å². The van der Waals surface area contributed by atoms with Crippen LogP contribution in [0.15, 0.2) is 28.0 Å². The Bertz CT molecular complexity index is 940.